The van der Waals surface area contributed by atoms with E-state index < -0.39 is 91.1 Å². The summed E-state index contributed by atoms with van der Waals surface area (Å²) in [7, 11) is 0. The van der Waals surface area contributed by atoms with Crippen LogP contribution in [0, 0.1) is 11.8 Å². The fraction of sp³-hybridized carbons (Fsp3) is 0.618. The van der Waals surface area contributed by atoms with Gasteiger partial charge in [-0.2, -0.15) is 0 Å². The molecule has 1 saturated carbocycles. The van der Waals surface area contributed by atoms with Crippen LogP contribution in [-0.4, -0.2) is 95.2 Å². The van der Waals surface area contributed by atoms with Gasteiger partial charge in [0, 0.05) is 6.42 Å². The molecule has 1 aromatic carbocycles. The van der Waals surface area contributed by atoms with Gasteiger partial charge >= 0.3 is 12.1 Å². The summed E-state index contributed by atoms with van der Waals surface area (Å²) in [6.45, 7) is 3.54. The minimum atomic E-state index is -3.45. The Bertz CT molecular complexity index is 1390. The zero-order chi connectivity index (χ0) is 37.0. The van der Waals surface area contributed by atoms with Crippen molar-refractivity contribution >= 4 is 41.5 Å². The Morgan fingerprint density at radius 1 is 0.980 bits per heavy atom. The molecular formula is C34H47F2N5O9. The number of rotatable bonds is 16. The number of nitrogens with zero attached hydrogens (tertiary/aromatic N) is 1. The first-order valence-electron chi connectivity index (χ1n) is 16.9. The molecule has 1 aromatic rings. The lowest BCUT2D eigenvalue weighted by Gasteiger charge is -2.34. The molecule has 0 aromatic heterocycles. The molecular weight excluding hydrogens is 660 g/mol. The molecule has 5 amide bonds. The zero-order valence-corrected chi connectivity index (χ0v) is 28.5. The number of alkyl carbamates (subject to hydrolysis) is 1. The van der Waals surface area contributed by atoms with E-state index in [1.54, 1.807) is 25.1 Å². The number of amides is 5. The van der Waals surface area contributed by atoms with Gasteiger partial charge in [0.15, 0.2) is 6.04 Å². The van der Waals surface area contributed by atoms with Gasteiger partial charge in [0.1, 0.15) is 12.1 Å². The highest BCUT2D eigenvalue weighted by Gasteiger charge is 2.52. The third kappa shape index (κ3) is 11.5. The summed E-state index contributed by atoms with van der Waals surface area (Å²) < 4.78 is 34.9. The number of nitrogens with one attached hydrogen (secondary N) is 4. The van der Waals surface area contributed by atoms with Gasteiger partial charge < -0.3 is 36.0 Å². The molecule has 1 aliphatic carbocycles. The van der Waals surface area contributed by atoms with Crippen LogP contribution in [0.3, 0.4) is 0 Å². The number of carbonyl (C=O) groups excluding carboxylic acids is 6. The second-order valence-corrected chi connectivity index (χ2v) is 13.2. The Labute approximate surface area is 289 Å². The molecule has 1 aliphatic heterocycles. The molecule has 3 rings (SSSR count). The number of ether oxygens (including phenoxy) is 1. The van der Waals surface area contributed by atoms with Gasteiger partial charge in [0.2, 0.25) is 23.5 Å². The topological polar surface area (TPSA) is 200 Å². The number of carboxylic acids is 1. The molecule has 0 radical (unpaired) electrons. The van der Waals surface area contributed by atoms with Crippen LogP contribution in [0.5, 0.6) is 0 Å². The van der Waals surface area contributed by atoms with Gasteiger partial charge in [-0.3, -0.25) is 24.0 Å². The van der Waals surface area contributed by atoms with Crippen molar-refractivity contribution in [2.45, 2.75) is 102 Å². The number of carboxylic acid groups (broad SMARTS) is 1. The van der Waals surface area contributed by atoms with E-state index in [4.69, 9.17) is 4.74 Å². The highest BCUT2D eigenvalue weighted by molar-refractivity contribution is 6.38. The van der Waals surface area contributed by atoms with E-state index in [1.165, 1.54) is 12.1 Å². The molecule has 2 fully saturated rings. The van der Waals surface area contributed by atoms with Crippen LogP contribution in [0.15, 0.2) is 30.3 Å². The first kappa shape index (κ1) is 39.8. The maximum atomic E-state index is 14.8. The van der Waals surface area contributed by atoms with E-state index in [0.717, 1.165) is 24.2 Å². The number of alkyl halides is 2. The standard InChI is InChI=1S/C34H47F2N5O9/c1-4-11-23(28(43)30(45)37-17-25(42)39-27(32(47)48)22-14-9-6-10-15-22)38-29(44)24-16-34(35,36)19-41(24)31(46)26(21-12-7-5-8-13-21)40-33(49)50-18-20(2)3/h6,9-10,14-15,20-21,23-24,26-27H,4-5,7-8,11-13,16-19H2,1-3H3,(H,37,45)(H,38,44)(H,39,42)(H,40,49)(H,47,48)/t23?,24-,26-,27-/m0/s1. The lowest BCUT2D eigenvalue weighted by Crippen LogP contribution is -2.58. The fourth-order valence-corrected chi connectivity index (χ4v) is 6.10. The number of aliphatic carboxylic acids is 1. The van der Waals surface area contributed by atoms with E-state index in [0.29, 0.717) is 12.8 Å². The molecule has 2 aliphatic rings. The average molecular weight is 708 g/mol. The number of hydrogen-bond acceptors (Lipinski definition) is 8. The van der Waals surface area contributed by atoms with E-state index in [1.807, 2.05) is 13.8 Å². The van der Waals surface area contributed by atoms with E-state index in [2.05, 4.69) is 21.3 Å². The van der Waals surface area contributed by atoms with Gasteiger partial charge in [-0.1, -0.05) is 76.8 Å². The molecule has 50 heavy (non-hydrogen) atoms. The van der Waals surface area contributed by atoms with Gasteiger partial charge in [0.05, 0.1) is 25.7 Å². The number of halogens is 2. The largest absolute Gasteiger partial charge is 0.479 e. The van der Waals surface area contributed by atoms with Crippen molar-refractivity contribution in [1.29, 1.82) is 0 Å². The molecule has 276 valence electrons. The van der Waals surface area contributed by atoms with Crippen molar-refractivity contribution in [3.8, 4) is 0 Å². The summed E-state index contributed by atoms with van der Waals surface area (Å²) in [5, 5.41) is 18.8. The highest BCUT2D eigenvalue weighted by atomic mass is 19.3. The quantitative estimate of drug-likeness (QED) is 0.160. The summed E-state index contributed by atoms with van der Waals surface area (Å²) >= 11 is 0. The van der Waals surface area contributed by atoms with Crippen LogP contribution in [0.1, 0.15) is 83.7 Å². The number of hydrogen-bond donors (Lipinski definition) is 5. The molecule has 1 unspecified atom stereocenters. The number of Topliss-reactive ketones (excluding diaryl/α,β-unsaturated/α-hetero) is 1. The van der Waals surface area contributed by atoms with Crippen molar-refractivity contribution in [3.05, 3.63) is 35.9 Å². The Balaban J connectivity index is 1.70. The molecule has 5 N–H and O–H groups in total. The van der Waals surface area contributed by atoms with E-state index >= 15 is 0 Å². The Morgan fingerprint density at radius 2 is 1.64 bits per heavy atom. The maximum absolute atomic E-state index is 14.8. The molecule has 1 heterocycles. The van der Waals surface area contributed by atoms with Gasteiger partial charge in [0.25, 0.3) is 11.8 Å². The number of carbonyl (C=O) groups is 7. The minimum Gasteiger partial charge on any atom is -0.479 e. The second kappa shape index (κ2) is 18.4. The predicted octanol–water partition coefficient (Wildman–Crippen LogP) is 2.47. The lowest BCUT2D eigenvalue weighted by atomic mass is 9.83. The van der Waals surface area contributed by atoms with Crippen LogP contribution in [0.2, 0.25) is 0 Å². The fourth-order valence-electron chi connectivity index (χ4n) is 6.10. The number of likely N-dealkylation sites (tertiary alicyclic amines) is 1. The molecule has 14 nitrogen and oxygen atoms in total. The summed E-state index contributed by atoms with van der Waals surface area (Å²) in [5.41, 5.74) is 0.276. The average Bonchev–Trinajstić information content (AvgIpc) is 3.42. The van der Waals surface area contributed by atoms with Crippen LogP contribution >= 0.6 is 0 Å². The second-order valence-electron chi connectivity index (χ2n) is 13.2. The van der Waals surface area contributed by atoms with Crippen molar-refractivity contribution in [3.63, 3.8) is 0 Å². The Morgan fingerprint density at radius 3 is 2.24 bits per heavy atom. The molecule has 16 heteroatoms. The van der Waals surface area contributed by atoms with Crippen LogP contribution in [0.25, 0.3) is 0 Å². The number of benzene rings is 1. The van der Waals surface area contributed by atoms with Crippen LogP contribution < -0.4 is 21.3 Å². The maximum Gasteiger partial charge on any atom is 0.407 e. The van der Waals surface area contributed by atoms with E-state index in [-0.39, 0.29) is 36.8 Å². The van der Waals surface area contributed by atoms with Gasteiger partial charge in [-0.05, 0) is 36.7 Å². The SMILES string of the molecule is CCCC(NC(=O)[C@@H]1CC(F)(F)CN1C(=O)[C@@H](NC(=O)OCC(C)C)C1CCCCC1)C(=O)C(=O)NCC(=O)N[C@H](C(=O)O)c1ccccc1. The Kier molecular flexibility index (Phi) is 14.6. The van der Waals surface area contributed by atoms with Crippen molar-refractivity contribution in [2.24, 2.45) is 11.8 Å². The van der Waals surface area contributed by atoms with Crippen molar-refractivity contribution < 1.29 is 52.2 Å². The first-order chi connectivity index (χ1) is 23.6. The van der Waals surface area contributed by atoms with Gasteiger partial charge in [-0.25, -0.2) is 18.4 Å². The van der Waals surface area contributed by atoms with Gasteiger partial charge in [-0.15, -0.1) is 0 Å². The molecule has 1 saturated heterocycles. The van der Waals surface area contributed by atoms with Crippen LogP contribution in [0.4, 0.5) is 13.6 Å². The smallest absolute Gasteiger partial charge is 0.407 e. The third-order valence-electron chi connectivity index (χ3n) is 8.59. The molecule has 0 spiro atoms. The molecule has 4 atom stereocenters. The predicted molar refractivity (Wildman–Crippen MR) is 175 cm³/mol. The van der Waals surface area contributed by atoms with Crippen molar-refractivity contribution in [1.82, 2.24) is 26.2 Å². The monoisotopic (exact) mass is 707 g/mol. The van der Waals surface area contributed by atoms with Crippen LogP contribution in [-0.2, 0) is 33.5 Å². The first-order valence-corrected chi connectivity index (χ1v) is 16.9. The summed E-state index contributed by atoms with van der Waals surface area (Å²) in [4.78, 5) is 90.7. The minimum absolute atomic E-state index is 0.0110. The lowest BCUT2D eigenvalue weighted by molar-refractivity contribution is -0.144. The summed E-state index contributed by atoms with van der Waals surface area (Å²) in [6, 6.07) is 1.99. The highest BCUT2D eigenvalue weighted by Crippen LogP contribution is 2.35. The normalized spacial score (nSPS) is 19.1. The zero-order valence-electron chi connectivity index (χ0n) is 28.5. The number of ketones is 1. The summed E-state index contributed by atoms with van der Waals surface area (Å²) in [6.07, 6.45) is 1.90. The third-order valence-corrected chi connectivity index (χ3v) is 8.59. The molecule has 0 bridgehead atoms. The van der Waals surface area contributed by atoms with Crippen molar-refractivity contribution in [2.75, 3.05) is 19.7 Å². The van der Waals surface area contributed by atoms with E-state index in [9.17, 15) is 47.4 Å². The Hall–Kier alpha value is -4.63. The summed E-state index contributed by atoms with van der Waals surface area (Å²) in [5.74, 6) is -10.4.